The van der Waals surface area contributed by atoms with Crippen LogP contribution in [0.5, 0.6) is 0 Å². The van der Waals surface area contributed by atoms with Gasteiger partial charge in [-0.1, -0.05) is 34.1 Å². The van der Waals surface area contributed by atoms with Gasteiger partial charge in [0.05, 0.1) is 6.54 Å². The fourth-order valence-electron chi connectivity index (χ4n) is 1.59. The van der Waals surface area contributed by atoms with Crippen LogP contribution in [0.1, 0.15) is 5.56 Å². The number of halogens is 2. The van der Waals surface area contributed by atoms with Crippen LogP contribution in [-0.2, 0) is 15.6 Å². The molecule has 0 saturated heterocycles. The summed E-state index contributed by atoms with van der Waals surface area (Å²) in [5.74, 6) is 0. The van der Waals surface area contributed by atoms with Gasteiger partial charge in [0.15, 0.2) is 4.90 Å². The van der Waals surface area contributed by atoms with E-state index < -0.39 is 25.2 Å². The second-order valence-electron chi connectivity index (χ2n) is 3.91. The van der Waals surface area contributed by atoms with E-state index in [2.05, 4.69) is 15.9 Å². The van der Waals surface area contributed by atoms with E-state index in [1.165, 1.54) is 0 Å². The van der Waals surface area contributed by atoms with Crippen molar-refractivity contribution in [2.45, 2.75) is 11.4 Å². The Hall–Kier alpha value is -1.38. The van der Waals surface area contributed by atoms with Crippen LogP contribution in [0.2, 0.25) is 0 Å². The molecule has 0 unspecified atom stereocenters. The first-order valence-electron chi connectivity index (χ1n) is 5.31. The zero-order chi connectivity index (χ0) is 14.9. The molecule has 6 nitrogen and oxygen atoms in total. The minimum atomic E-state index is -4.22. The van der Waals surface area contributed by atoms with Crippen molar-refractivity contribution in [1.29, 1.82) is 0 Å². The highest BCUT2D eigenvalue weighted by Gasteiger charge is 2.17. The lowest BCUT2D eigenvalue weighted by molar-refractivity contribution is 0.603. The molecule has 1 aromatic heterocycles. The van der Waals surface area contributed by atoms with Crippen molar-refractivity contribution in [1.82, 2.24) is 9.55 Å². The van der Waals surface area contributed by atoms with E-state index in [0.29, 0.717) is 0 Å². The van der Waals surface area contributed by atoms with Crippen LogP contribution in [0.3, 0.4) is 0 Å². The quantitative estimate of drug-likeness (QED) is 0.814. The number of hydrogen-bond acceptors (Lipinski definition) is 4. The van der Waals surface area contributed by atoms with Gasteiger partial charge in [-0.2, -0.15) is 0 Å². The summed E-state index contributed by atoms with van der Waals surface area (Å²) in [6.07, 6.45) is 0.933. The summed E-state index contributed by atoms with van der Waals surface area (Å²) in [6, 6.07) is 7.12. The average Bonchev–Trinajstić information content (AvgIpc) is 2.33. The number of nitrogens with zero attached hydrogens (tertiary/aromatic N) is 1. The standard InChI is InChI=1S/C11H8BrClN2O4S/c12-8-4-2-1-3-7(8)5-15-6-9(20(13,18)19)10(16)14-11(15)17/h1-4,6H,5H2,(H,14,16,17). The van der Waals surface area contributed by atoms with Crippen molar-refractivity contribution in [3.63, 3.8) is 0 Å². The molecule has 9 heteroatoms. The minimum Gasteiger partial charge on any atom is -0.295 e. The number of rotatable bonds is 3. The van der Waals surface area contributed by atoms with Gasteiger partial charge in [-0.05, 0) is 11.6 Å². The second kappa shape index (κ2) is 5.55. The third kappa shape index (κ3) is 3.20. The van der Waals surface area contributed by atoms with Crippen molar-refractivity contribution in [2.75, 3.05) is 0 Å². The summed E-state index contributed by atoms with van der Waals surface area (Å²) >= 11 is 3.32. The van der Waals surface area contributed by atoms with E-state index in [1.807, 2.05) is 4.98 Å². The number of benzene rings is 1. The maximum absolute atomic E-state index is 11.7. The summed E-state index contributed by atoms with van der Waals surface area (Å²) in [4.78, 5) is 24.4. The second-order valence-corrected chi connectivity index (χ2v) is 7.30. The number of H-pyrrole nitrogens is 1. The summed E-state index contributed by atoms with van der Waals surface area (Å²) < 4.78 is 24.3. The molecule has 0 aliphatic rings. The van der Waals surface area contributed by atoms with Crippen LogP contribution >= 0.6 is 26.6 Å². The van der Waals surface area contributed by atoms with Gasteiger partial charge >= 0.3 is 5.69 Å². The molecule has 2 rings (SSSR count). The average molecular weight is 380 g/mol. The molecule has 0 aliphatic carbocycles. The first-order chi connectivity index (χ1) is 9.29. The van der Waals surface area contributed by atoms with Crippen molar-refractivity contribution in [2.24, 2.45) is 0 Å². The van der Waals surface area contributed by atoms with E-state index in [9.17, 15) is 18.0 Å². The molecule has 0 saturated carbocycles. The molecular weight excluding hydrogens is 372 g/mol. The highest BCUT2D eigenvalue weighted by Crippen LogP contribution is 2.16. The van der Waals surface area contributed by atoms with Crippen LogP contribution in [0, 0.1) is 0 Å². The predicted octanol–water partition coefficient (Wildman–Crippen LogP) is 1.27. The lowest BCUT2D eigenvalue weighted by atomic mass is 10.2. The SMILES string of the molecule is O=c1[nH]c(=O)n(Cc2ccccc2Br)cc1S(=O)(=O)Cl. The molecule has 20 heavy (non-hydrogen) atoms. The Morgan fingerprint density at radius 1 is 1.25 bits per heavy atom. The van der Waals surface area contributed by atoms with Crippen LogP contribution in [-0.4, -0.2) is 18.0 Å². The smallest absolute Gasteiger partial charge is 0.295 e. The summed E-state index contributed by atoms with van der Waals surface area (Å²) in [6.45, 7) is 0.0937. The van der Waals surface area contributed by atoms with Gasteiger partial charge in [-0.3, -0.25) is 14.3 Å². The van der Waals surface area contributed by atoms with E-state index in [0.717, 1.165) is 20.8 Å². The molecule has 0 radical (unpaired) electrons. The lowest BCUT2D eigenvalue weighted by Gasteiger charge is -2.08. The van der Waals surface area contributed by atoms with Crippen molar-refractivity contribution < 1.29 is 8.42 Å². The van der Waals surface area contributed by atoms with Gasteiger partial charge in [0.2, 0.25) is 0 Å². The Bertz CT molecular complexity index is 872. The van der Waals surface area contributed by atoms with Gasteiger partial charge in [0.25, 0.3) is 14.6 Å². The van der Waals surface area contributed by atoms with Gasteiger partial charge in [0.1, 0.15) is 0 Å². The van der Waals surface area contributed by atoms with E-state index in [4.69, 9.17) is 10.7 Å². The van der Waals surface area contributed by atoms with Crippen LogP contribution in [0.4, 0.5) is 0 Å². The van der Waals surface area contributed by atoms with E-state index in [-0.39, 0.29) is 6.54 Å². The predicted molar refractivity (Wildman–Crippen MR) is 77.6 cm³/mol. The molecule has 0 bridgehead atoms. The molecule has 0 aliphatic heterocycles. The number of hydrogen-bond donors (Lipinski definition) is 1. The van der Waals surface area contributed by atoms with Gasteiger partial charge in [-0.25, -0.2) is 13.2 Å². The van der Waals surface area contributed by atoms with Gasteiger partial charge in [0, 0.05) is 21.4 Å². The van der Waals surface area contributed by atoms with Gasteiger partial charge < -0.3 is 0 Å². The topological polar surface area (TPSA) is 89.0 Å². The van der Waals surface area contributed by atoms with Crippen LogP contribution in [0.15, 0.2) is 49.4 Å². The molecule has 2 aromatic rings. The summed E-state index contributed by atoms with van der Waals surface area (Å²) in [7, 11) is 0.932. The third-order valence-electron chi connectivity index (χ3n) is 2.54. The molecule has 0 amide bonds. The minimum absolute atomic E-state index is 0.0937. The first-order valence-corrected chi connectivity index (χ1v) is 8.41. The van der Waals surface area contributed by atoms with Crippen molar-refractivity contribution in [3.05, 3.63) is 61.3 Å². The number of aromatic amines is 1. The maximum Gasteiger partial charge on any atom is 0.328 e. The molecule has 106 valence electrons. The largest absolute Gasteiger partial charge is 0.328 e. The normalized spacial score (nSPS) is 11.5. The van der Waals surface area contributed by atoms with Crippen LogP contribution < -0.4 is 11.2 Å². The third-order valence-corrected chi connectivity index (χ3v) is 4.63. The van der Waals surface area contributed by atoms with Gasteiger partial charge in [-0.15, -0.1) is 0 Å². The highest BCUT2D eigenvalue weighted by atomic mass is 79.9. The zero-order valence-electron chi connectivity index (χ0n) is 9.84. The fraction of sp³-hybridized carbons (Fsp3) is 0.0909. The number of nitrogens with one attached hydrogen (secondary N) is 1. The van der Waals surface area contributed by atoms with E-state index >= 15 is 0 Å². The Morgan fingerprint density at radius 2 is 1.90 bits per heavy atom. The summed E-state index contributed by atoms with van der Waals surface area (Å²) in [5.41, 5.74) is -0.997. The maximum atomic E-state index is 11.7. The lowest BCUT2D eigenvalue weighted by Crippen LogP contribution is -2.32. The molecule has 0 fully saturated rings. The molecule has 1 N–H and O–H groups in total. The molecule has 1 aromatic carbocycles. The molecule has 0 atom stereocenters. The fourth-order valence-corrected chi connectivity index (χ4v) is 2.86. The summed E-state index contributed by atoms with van der Waals surface area (Å²) in [5, 5.41) is 0. The molecular formula is C11H8BrClN2O4S. The monoisotopic (exact) mass is 378 g/mol. The Morgan fingerprint density at radius 3 is 2.50 bits per heavy atom. The first kappa shape index (κ1) is 15.0. The Balaban J connectivity index is 2.57. The Labute approximate surface area is 126 Å². The number of aromatic nitrogens is 2. The zero-order valence-corrected chi connectivity index (χ0v) is 13.0. The van der Waals surface area contributed by atoms with Crippen molar-refractivity contribution >= 4 is 35.7 Å². The highest BCUT2D eigenvalue weighted by molar-refractivity contribution is 9.10. The molecule has 0 spiro atoms. The van der Waals surface area contributed by atoms with Crippen molar-refractivity contribution in [3.8, 4) is 0 Å². The Kier molecular flexibility index (Phi) is 4.17. The van der Waals surface area contributed by atoms with Crippen LogP contribution in [0.25, 0.3) is 0 Å². The molecule has 1 heterocycles. The van der Waals surface area contributed by atoms with E-state index in [1.54, 1.807) is 24.3 Å².